The molecule has 2 aliphatic rings. The highest BCUT2D eigenvalue weighted by Crippen LogP contribution is 2.56. The quantitative estimate of drug-likeness (QED) is 0.370. The molecule has 2 aromatic carbocycles. The van der Waals surface area contributed by atoms with E-state index in [1.165, 1.54) is 16.5 Å². The lowest BCUT2D eigenvalue weighted by Crippen LogP contribution is -2.35. The number of benzene rings is 2. The molecule has 3 atom stereocenters. The summed E-state index contributed by atoms with van der Waals surface area (Å²) in [5.74, 6) is 1.07. The zero-order valence-electron chi connectivity index (χ0n) is 13.4. The molecule has 2 aromatic rings. The van der Waals surface area contributed by atoms with Gasteiger partial charge in [-0.1, -0.05) is 34.5 Å². The number of rotatable bonds is 4. The molecule has 1 fully saturated rings. The van der Waals surface area contributed by atoms with Crippen LogP contribution < -0.4 is 4.18 Å². The smallest absolute Gasteiger partial charge is 0.261 e. The minimum Gasteiger partial charge on any atom is -0.399 e. The fourth-order valence-corrected chi connectivity index (χ4v) is 4.81. The van der Waals surface area contributed by atoms with E-state index < -0.39 is 0 Å². The summed E-state index contributed by atoms with van der Waals surface area (Å²) in [5, 5.41) is 24.4. The molecule has 0 saturated heterocycles. The number of aliphatic hydroxyl groups excluding tert-OH is 1. The topological polar surface area (TPSA) is 68.2 Å². The molecule has 0 amide bonds. The maximum Gasteiger partial charge on any atom is 0.261 e. The fraction of sp³-hybridized carbons (Fsp3) is 0.444. The van der Waals surface area contributed by atoms with Crippen LogP contribution in [-0.4, -0.2) is 16.5 Å². The van der Waals surface area contributed by atoms with E-state index in [1.807, 2.05) is 12.1 Å². The van der Waals surface area contributed by atoms with Gasteiger partial charge in [-0.25, -0.2) is 5.26 Å². The second kappa shape index (κ2) is 6.20. The van der Waals surface area contributed by atoms with E-state index in [9.17, 15) is 5.11 Å². The van der Waals surface area contributed by atoms with Gasteiger partial charge in [0.2, 0.25) is 0 Å². The summed E-state index contributed by atoms with van der Waals surface area (Å²) < 4.78 is 9.51. The molecule has 2 aliphatic carbocycles. The van der Waals surface area contributed by atoms with E-state index in [0.29, 0.717) is 24.0 Å². The van der Waals surface area contributed by atoms with Gasteiger partial charge in [0.15, 0.2) is 0 Å². The van der Waals surface area contributed by atoms with Crippen LogP contribution in [0.3, 0.4) is 0 Å². The SMILES string of the molecule is C[C@]12CCc3c(ccc4cc(OSOOO)ccc34)C1CC[C@H]2O. The number of fused-ring (bicyclic) bond motifs is 5. The van der Waals surface area contributed by atoms with Crippen molar-refractivity contribution in [3.63, 3.8) is 0 Å². The summed E-state index contributed by atoms with van der Waals surface area (Å²) in [6, 6.07) is 10.2. The lowest BCUT2D eigenvalue weighted by Gasteiger charge is -2.40. The normalized spacial score (nSPS) is 28.6. The monoisotopic (exact) mass is 348 g/mol. The van der Waals surface area contributed by atoms with Gasteiger partial charge >= 0.3 is 0 Å². The Morgan fingerprint density at radius 1 is 1.21 bits per heavy atom. The van der Waals surface area contributed by atoms with Gasteiger partial charge in [-0.3, -0.25) is 0 Å². The molecule has 0 spiro atoms. The summed E-state index contributed by atoms with van der Waals surface area (Å²) >= 11 is 0.556. The summed E-state index contributed by atoms with van der Waals surface area (Å²) in [4.78, 5) is 0. The Morgan fingerprint density at radius 2 is 2.08 bits per heavy atom. The van der Waals surface area contributed by atoms with Crippen molar-refractivity contribution in [3.8, 4) is 5.75 Å². The number of hydrogen-bond donors (Lipinski definition) is 2. The van der Waals surface area contributed by atoms with Crippen molar-refractivity contribution < 1.29 is 23.9 Å². The van der Waals surface area contributed by atoms with Crippen molar-refractivity contribution in [2.45, 2.75) is 44.6 Å². The zero-order valence-corrected chi connectivity index (χ0v) is 14.2. The maximum atomic E-state index is 10.4. The standard InChI is InChI=1S/C18H20O5S/c1-18-9-8-14-13-5-3-12(21-24-23-22-20)10-11(13)2-4-15(14)16(18)6-7-17(18)19/h2-5,10,16-17,19-20H,6-9H2,1H3/t16?,17-,18+/m1/s1. The summed E-state index contributed by atoms with van der Waals surface area (Å²) in [6.07, 6.45) is 3.79. The van der Waals surface area contributed by atoms with E-state index in [2.05, 4.69) is 34.5 Å². The van der Waals surface area contributed by atoms with E-state index in [1.54, 1.807) is 0 Å². The third-order valence-corrected chi connectivity index (χ3v) is 6.28. The van der Waals surface area contributed by atoms with Crippen molar-refractivity contribution in [1.82, 2.24) is 0 Å². The van der Waals surface area contributed by atoms with Crippen LogP contribution >= 0.6 is 12.3 Å². The average molecular weight is 348 g/mol. The van der Waals surface area contributed by atoms with Crippen LogP contribution in [0.2, 0.25) is 0 Å². The summed E-state index contributed by atoms with van der Waals surface area (Å²) in [7, 11) is 0. The molecular weight excluding hydrogens is 328 g/mol. The highest BCUT2D eigenvalue weighted by atomic mass is 32.2. The van der Waals surface area contributed by atoms with Crippen LogP contribution in [0, 0.1) is 5.41 Å². The first-order valence-corrected chi connectivity index (χ1v) is 8.85. The van der Waals surface area contributed by atoms with Crippen LogP contribution in [0.5, 0.6) is 5.75 Å². The molecule has 0 radical (unpaired) electrons. The Morgan fingerprint density at radius 3 is 2.92 bits per heavy atom. The van der Waals surface area contributed by atoms with E-state index >= 15 is 0 Å². The first kappa shape index (κ1) is 16.2. The molecule has 1 unspecified atom stereocenters. The first-order valence-electron chi connectivity index (χ1n) is 8.18. The van der Waals surface area contributed by atoms with Crippen LogP contribution in [0.15, 0.2) is 30.3 Å². The predicted molar refractivity (Wildman–Crippen MR) is 91.4 cm³/mol. The summed E-state index contributed by atoms with van der Waals surface area (Å²) in [6.45, 7) is 2.24. The van der Waals surface area contributed by atoms with Gasteiger partial charge in [0.1, 0.15) is 5.75 Å². The molecule has 0 bridgehead atoms. The van der Waals surface area contributed by atoms with Crippen molar-refractivity contribution >= 4 is 23.1 Å². The lowest BCUT2D eigenvalue weighted by atomic mass is 9.65. The predicted octanol–water partition coefficient (Wildman–Crippen LogP) is 4.39. The second-order valence-electron chi connectivity index (χ2n) is 6.96. The van der Waals surface area contributed by atoms with Crippen molar-refractivity contribution in [2.75, 3.05) is 0 Å². The molecule has 0 heterocycles. The van der Waals surface area contributed by atoms with Crippen molar-refractivity contribution in [1.29, 1.82) is 0 Å². The number of aryl methyl sites for hydroxylation is 1. The Kier molecular flexibility index (Phi) is 4.18. The lowest BCUT2D eigenvalue weighted by molar-refractivity contribution is -0.433. The number of aliphatic hydroxyl groups is 1. The van der Waals surface area contributed by atoms with Gasteiger partial charge < -0.3 is 9.29 Å². The first-order chi connectivity index (χ1) is 11.6. The molecule has 0 aromatic heterocycles. The van der Waals surface area contributed by atoms with Crippen LogP contribution in [0.1, 0.15) is 43.2 Å². The van der Waals surface area contributed by atoms with Crippen LogP contribution in [-0.2, 0) is 15.8 Å². The molecule has 1 saturated carbocycles. The molecule has 0 aliphatic heterocycles. The molecular formula is C18H20O5S. The zero-order chi connectivity index (χ0) is 16.7. The van der Waals surface area contributed by atoms with Crippen LogP contribution in [0.25, 0.3) is 10.8 Å². The minimum absolute atomic E-state index is 0.0159. The minimum atomic E-state index is -0.187. The van der Waals surface area contributed by atoms with E-state index in [0.717, 1.165) is 31.1 Å². The average Bonchev–Trinajstić information content (AvgIpc) is 2.90. The third-order valence-electron chi connectivity index (χ3n) is 5.90. The molecule has 5 nitrogen and oxygen atoms in total. The Hall–Kier alpha value is -1.31. The highest BCUT2D eigenvalue weighted by Gasteiger charge is 2.49. The molecule has 2 N–H and O–H groups in total. The molecule has 4 rings (SSSR count). The molecule has 128 valence electrons. The van der Waals surface area contributed by atoms with E-state index in [4.69, 9.17) is 9.44 Å². The Labute approximate surface area is 144 Å². The van der Waals surface area contributed by atoms with Crippen LogP contribution in [0.4, 0.5) is 0 Å². The van der Waals surface area contributed by atoms with Gasteiger partial charge in [-0.05, 0) is 65.6 Å². The van der Waals surface area contributed by atoms with Gasteiger partial charge in [-0.15, -0.1) is 0 Å². The molecule has 24 heavy (non-hydrogen) atoms. The van der Waals surface area contributed by atoms with E-state index in [-0.39, 0.29) is 11.5 Å². The van der Waals surface area contributed by atoms with Gasteiger partial charge in [0, 0.05) is 5.41 Å². The number of hydrogen-bond acceptors (Lipinski definition) is 6. The van der Waals surface area contributed by atoms with Gasteiger partial charge in [0.25, 0.3) is 12.3 Å². The molecule has 6 heteroatoms. The van der Waals surface area contributed by atoms with Crippen molar-refractivity contribution in [2.24, 2.45) is 5.41 Å². The van der Waals surface area contributed by atoms with Crippen molar-refractivity contribution in [3.05, 3.63) is 41.5 Å². The largest absolute Gasteiger partial charge is 0.399 e. The second-order valence-corrected chi connectivity index (χ2v) is 7.40. The summed E-state index contributed by atoms with van der Waals surface area (Å²) in [5.41, 5.74) is 2.81. The third kappa shape index (κ3) is 2.50. The Bertz CT molecular complexity index is 764. The van der Waals surface area contributed by atoms with Gasteiger partial charge in [-0.2, -0.15) is 0 Å². The van der Waals surface area contributed by atoms with Gasteiger partial charge in [0.05, 0.1) is 6.10 Å². The Balaban J connectivity index is 1.70. The highest BCUT2D eigenvalue weighted by molar-refractivity contribution is 7.90. The fourth-order valence-electron chi connectivity index (χ4n) is 4.57. The maximum absolute atomic E-state index is 10.4.